The summed E-state index contributed by atoms with van der Waals surface area (Å²) in [4.78, 5) is 10.8. The number of rotatable bonds is 4. The third-order valence-corrected chi connectivity index (χ3v) is 1.30. The molecule has 1 atom stereocenters. The van der Waals surface area contributed by atoms with Gasteiger partial charge in [0.2, 0.25) is 0 Å². The predicted molar refractivity (Wildman–Crippen MR) is 42.6 cm³/mol. The molecule has 11 heavy (non-hydrogen) atoms. The molecule has 4 heteroatoms. The summed E-state index contributed by atoms with van der Waals surface area (Å²) >= 11 is 5.27. The largest absolute Gasteiger partial charge is 0.463 e. The fourth-order valence-corrected chi connectivity index (χ4v) is 0.667. The van der Waals surface area contributed by atoms with E-state index in [2.05, 4.69) is 0 Å². The van der Waals surface area contributed by atoms with E-state index in [0.29, 0.717) is 0 Å². The van der Waals surface area contributed by atoms with Crippen LogP contribution in [-0.4, -0.2) is 29.2 Å². The minimum Gasteiger partial charge on any atom is -0.463 e. The van der Waals surface area contributed by atoms with Crippen LogP contribution in [0.15, 0.2) is 0 Å². The quantitative estimate of drug-likeness (QED) is 0.517. The molecule has 3 nitrogen and oxygen atoms in total. The maximum Gasteiger partial charge on any atom is 0.308 e. The molecular weight excluding hydrogens is 168 g/mol. The second kappa shape index (κ2) is 5.38. The minimum atomic E-state index is -0.789. The number of aliphatic hydroxyl groups excluding tert-OH is 1. The first-order valence-electron chi connectivity index (χ1n) is 3.49. The highest BCUT2D eigenvalue weighted by Gasteiger charge is 2.11. The molecular formula is C7H13ClO3. The highest BCUT2D eigenvalue weighted by Crippen LogP contribution is 1.99. The van der Waals surface area contributed by atoms with Gasteiger partial charge in [-0.3, -0.25) is 4.79 Å². The molecule has 66 valence electrons. The molecule has 0 heterocycles. The number of aliphatic hydroxyl groups is 1. The Balaban J connectivity index is 3.52. The monoisotopic (exact) mass is 180 g/mol. The molecule has 0 spiro atoms. The molecule has 0 radical (unpaired) electrons. The first-order chi connectivity index (χ1) is 5.06. The number of alkyl halides is 1. The van der Waals surface area contributed by atoms with Crippen LogP contribution in [0.1, 0.15) is 20.3 Å². The average Bonchev–Trinajstić information content (AvgIpc) is 1.85. The number of hydrogen-bond acceptors (Lipinski definition) is 3. The van der Waals surface area contributed by atoms with Gasteiger partial charge < -0.3 is 9.84 Å². The first-order valence-corrected chi connectivity index (χ1v) is 4.03. The molecule has 0 aliphatic heterocycles. The van der Waals surface area contributed by atoms with Crippen LogP contribution in [0.5, 0.6) is 0 Å². The zero-order chi connectivity index (χ0) is 8.85. The number of hydrogen-bond donors (Lipinski definition) is 1. The van der Waals surface area contributed by atoms with Crippen LogP contribution in [0.3, 0.4) is 0 Å². The lowest BCUT2D eigenvalue weighted by molar-refractivity contribution is -0.149. The van der Waals surface area contributed by atoms with Crippen molar-refractivity contribution in [2.75, 3.05) is 5.88 Å². The van der Waals surface area contributed by atoms with Crippen LogP contribution in [0.2, 0.25) is 0 Å². The lowest BCUT2D eigenvalue weighted by Gasteiger charge is -2.09. The van der Waals surface area contributed by atoms with Gasteiger partial charge in [-0.2, -0.15) is 0 Å². The smallest absolute Gasteiger partial charge is 0.308 e. The lowest BCUT2D eigenvalue weighted by Crippen LogP contribution is -2.19. The molecule has 0 amide bonds. The van der Waals surface area contributed by atoms with E-state index < -0.39 is 12.1 Å². The van der Waals surface area contributed by atoms with Gasteiger partial charge >= 0.3 is 5.97 Å². The summed E-state index contributed by atoms with van der Waals surface area (Å²) in [6, 6.07) is 0. The van der Waals surface area contributed by atoms with E-state index in [-0.39, 0.29) is 18.4 Å². The van der Waals surface area contributed by atoms with E-state index in [1.807, 2.05) is 0 Å². The highest BCUT2D eigenvalue weighted by molar-refractivity contribution is 6.18. The van der Waals surface area contributed by atoms with Gasteiger partial charge in [-0.05, 0) is 13.8 Å². The second-order valence-electron chi connectivity index (χ2n) is 2.55. The first kappa shape index (κ1) is 10.7. The van der Waals surface area contributed by atoms with Gasteiger partial charge in [0, 0.05) is 5.88 Å². The molecule has 0 saturated heterocycles. The van der Waals surface area contributed by atoms with Gasteiger partial charge in [0.05, 0.1) is 18.6 Å². The Bertz CT molecular complexity index is 125. The number of halogens is 1. The molecule has 0 aromatic rings. The van der Waals surface area contributed by atoms with Crippen LogP contribution < -0.4 is 0 Å². The summed E-state index contributed by atoms with van der Waals surface area (Å²) in [6.45, 7) is 3.51. The number of esters is 1. The molecule has 1 N–H and O–H groups in total. The second-order valence-corrected chi connectivity index (χ2v) is 2.86. The Labute approximate surface area is 71.3 Å². The van der Waals surface area contributed by atoms with Gasteiger partial charge in [0.1, 0.15) is 0 Å². The summed E-state index contributed by atoms with van der Waals surface area (Å²) in [5, 5.41) is 8.91. The van der Waals surface area contributed by atoms with Crippen molar-refractivity contribution in [1.82, 2.24) is 0 Å². The van der Waals surface area contributed by atoms with E-state index in [0.717, 1.165) is 0 Å². The maximum absolute atomic E-state index is 10.8. The Morgan fingerprint density at radius 2 is 2.18 bits per heavy atom. The number of carbonyl (C=O) groups excluding carboxylic acids is 1. The summed E-state index contributed by atoms with van der Waals surface area (Å²) in [5.74, 6) is -0.346. The molecule has 0 bridgehead atoms. The summed E-state index contributed by atoms with van der Waals surface area (Å²) in [5.41, 5.74) is 0. The van der Waals surface area contributed by atoms with E-state index >= 15 is 0 Å². The summed E-state index contributed by atoms with van der Waals surface area (Å²) < 4.78 is 4.77. The van der Waals surface area contributed by atoms with E-state index in [1.54, 1.807) is 13.8 Å². The van der Waals surface area contributed by atoms with Gasteiger partial charge in [-0.15, -0.1) is 11.6 Å². The minimum absolute atomic E-state index is 0.0261. The Hall–Kier alpha value is -0.280. The molecule has 0 rings (SSSR count). The summed E-state index contributed by atoms with van der Waals surface area (Å²) in [6.07, 6.45) is -0.949. The average molecular weight is 181 g/mol. The topological polar surface area (TPSA) is 46.5 Å². The van der Waals surface area contributed by atoms with Gasteiger partial charge in [-0.25, -0.2) is 0 Å². The zero-order valence-corrected chi connectivity index (χ0v) is 7.47. The Morgan fingerprint density at radius 1 is 1.64 bits per heavy atom. The molecule has 0 saturated carbocycles. The van der Waals surface area contributed by atoms with Crippen LogP contribution in [0.25, 0.3) is 0 Å². The lowest BCUT2D eigenvalue weighted by atomic mass is 10.3. The third-order valence-electron chi connectivity index (χ3n) is 0.948. The SMILES string of the molecule is CC(C)OC(=O)C[C@H](O)CCl. The predicted octanol–water partition coefficient (Wildman–Crippen LogP) is 0.928. The van der Waals surface area contributed by atoms with Crippen molar-refractivity contribution in [2.24, 2.45) is 0 Å². The highest BCUT2D eigenvalue weighted by atomic mass is 35.5. The van der Waals surface area contributed by atoms with Gasteiger partial charge in [0.25, 0.3) is 0 Å². The number of ether oxygens (including phenoxy) is 1. The van der Waals surface area contributed by atoms with Crippen LogP contribution in [0, 0.1) is 0 Å². The van der Waals surface area contributed by atoms with Crippen LogP contribution in [0.4, 0.5) is 0 Å². The van der Waals surface area contributed by atoms with Crippen molar-refractivity contribution < 1.29 is 14.6 Å². The Kier molecular flexibility index (Phi) is 5.24. The van der Waals surface area contributed by atoms with Crippen molar-refractivity contribution in [3.8, 4) is 0 Å². The molecule has 0 aromatic heterocycles. The molecule has 0 aliphatic rings. The standard InChI is InChI=1S/C7H13ClO3/c1-5(2)11-7(10)3-6(9)4-8/h5-6,9H,3-4H2,1-2H3/t6-/m0/s1. The number of carbonyl (C=O) groups is 1. The fourth-order valence-electron chi connectivity index (χ4n) is 0.558. The van der Waals surface area contributed by atoms with Gasteiger partial charge in [-0.1, -0.05) is 0 Å². The molecule has 0 aliphatic carbocycles. The zero-order valence-electron chi connectivity index (χ0n) is 6.71. The van der Waals surface area contributed by atoms with Gasteiger partial charge in [0.15, 0.2) is 0 Å². The third kappa shape index (κ3) is 6.13. The Morgan fingerprint density at radius 3 is 2.55 bits per heavy atom. The summed E-state index contributed by atoms with van der Waals surface area (Å²) in [7, 11) is 0. The van der Waals surface area contributed by atoms with Crippen molar-refractivity contribution in [1.29, 1.82) is 0 Å². The van der Waals surface area contributed by atoms with Crippen LogP contribution in [-0.2, 0) is 9.53 Å². The van der Waals surface area contributed by atoms with Crippen molar-refractivity contribution in [2.45, 2.75) is 32.5 Å². The van der Waals surface area contributed by atoms with Crippen molar-refractivity contribution >= 4 is 17.6 Å². The van der Waals surface area contributed by atoms with E-state index in [9.17, 15) is 4.79 Å². The molecule has 0 unspecified atom stereocenters. The van der Waals surface area contributed by atoms with Crippen molar-refractivity contribution in [3.63, 3.8) is 0 Å². The fraction of sp³-hybridized carbons (Fsp3) is 0.857. The molecule has 0 fully saturated rings. The van der Waals surface area contributed by atoms with E-state index in [1.165, 1.54) is 0 Å². The maximum atomic E-state index is 10.8. The van der Waals surface area contributed by atoms with E-state index in [4.69, 9.17) is 21.4 Å². The normalized spacial score (nSPS) is 13.2. The van der Waals surface area contributed by atoms with Crippen LogP contribution >= 0.6 is 11.6 Å². The molecule has 0 aromatic carbocycles. The van der Waals surface area contributed by atoms with Crippen molar-refractivity contribution in [3.05, 3.63) is 0 Å².